The third-order valence-corrected chi connectivity index (χ3v) is 4.91. The summed E-state index contributed by atoms with van der Waals surface area (Å²) in [4.78, 5) is 5.00. The maximum Gasteiger partial charge on any atom is -0.000654 e. The summed E-state index contributed by atoms with van der Waals surface area (Å²) in [6, 6.07) is 0. The zero-order valence-electron chi connectivity index (χ0n) is 12.7. The van der Waals surface area contributed by atoms with Gasteiger partial charge < -0.3 is 9.80 Å². The molecule has 1 saturated carbocycles. The third kappa shape index (κ3) is 6.20. The van der Waals surface area contributed by atoms with Crippen molar-refractivity contribution in [3.05, 3.63) is 0 Å². The fourth-order valence-corrected chi connectivity index (χ4v) is 3.66. The van der Waals surface area contributed by atoms with Gasteiger partial charge in [-0.05, 0) is 77.8 Å². The highest BCUT2D eigenvalue weighted by atomic mass is 35.5. The normalized spacial score (nSPS) is 22.9. The van der Waals surface area contributed by atoms with Crippen molar-refractivity contribution in [3.8, 4) is 0 Å². The van der Waals surface area contributed by atoms with Gasteiger partial charge in [0.1, 0.15) is 0 Å². The number of halogens is 2. The van der Waals surface area contributed by atoms with Crippen molar-refractivity contribution < 1.29 is 0 Å². The van der Waals surface area contributed by atoms with Crippen LogP contribution in [0.25, 0.3) is 0 Å². The lowest BCUT2D eigenvalue weighted by atomic mass is 9.68. The van der Waals surface area contributed by atoms with Gasteiger partial charge in [-0.3, -0.25) is 0 Å². The molecule has 0 bridgehead atoms. The Morgan fingerprint density at radius 1 is 0.895 bits per heavy atom. The zero-order chi connectivity index (χ0) is 12.1. The SMILES string of the molecule is CN(C)CCCN1CCC2(CCCCC2)CC1.Cl.Cl. The molecule has 2 rings (SSSR count). The molecular weight excluding hydrogens is 279 g/mol. The Morgan fingerprint density at radius 2 is 1.47 bits per heavy atom. The molecule has 0 unspecified atom stereocenters. The molecule has 1 aliphatic heterocycles. The van der Waals surface area contributed by atoms with Gasteiger partial charge in [-0.15, -0.1) is 24.8 Å². The Morgan fingerprint density at radius 3 is 2.00 bits per heavy atom. The summed E-state index contributed by atoms with van der Waals surface area (Å²) >= 11 is 0. The maximum atomic E-state index is 2.70. The Balaban J connectivity index is 0.00000162. The third-order valence-electron chi connectivity index (χ3n) is 4.91. The number of nitrogens with zero attached hydrogens (tertiary/aromatic N) is 2. The summed E-state index contributed by atoms with van der Waals surface area (Å²) in [6.07, 6.45) is 11.8. The first-order valence-corrected chi connectivity index (χ1v) is 7.57. The molecule has 0 atom stereocenters. The molecule has 2 aliphatic rings. The quantitative estimate of drug-likeness (QED) is 0.778. The van der Waals surface area contributed by atoms with E-state index in [0.29, 0.717) is 0 Å². The molecular formula is C15H32Cl2N2. The number of hydrogen-bond donors (Lipinski definition) is 0. The van der Waals surface area contributed by atoms with Crippen LogP contribution in [0.3, 0.4) is 0 Å². The van der Waals surface area contributed by atoms with Crippen LogP contribution in [0, 0.1) is 5.41 Å². The van der Waals surface area contributed by atoms with Crippen LogP contribution in [0.1, 0.15) is 51.4 Å². The fourth-order valence-electron chi connectivity index (χ4n) is 3.66. The first-order chi connectivity index (χ1) is 8.20. The first-order valence-electron chi connectivity index (χ1n) is 7.57. The highest BCUT2D eigenvalue weighted by Gasteiger charge is 2.35. The molecule has 0 aromatic heterocycles. The van der Waals surface area contributed by atoms with Crippen molar-refractivity contribution >= 4 is 24.8 Å². The second-order valence-electron chi connectivity index (χ2n) is 6.56. The second-order valence-corrected chi connectivity index (χ2v) is 6.56. The molecule has 0 N–H and O–H groups in total. The van der Waals surface area contributed by atoms with Crippen LogP contribution in [0.15, 0.2) is 0 Å². The zero-order valence-corrected chi connectivity index (χ0v) is 14.3. The van der Waals surface area contributed by atoms with Crippen molar-refractivity contribution in [3.63, 3.8) is 0 Å². The van der Waals surface area contributed by atoms with Gasteiger partial charge in [0.2, 0.25) is 0 Å². The summed E-state index contributed by atoms with van der Waals surface area (Å²) < 4.78 is 0. The van der Waals surface area contributed by atoms with E-state index < -0.39 is 0 Å². The van der Waals surface area contributed by atoms with E-state index in [9.17, 15) is 0 Å². The number of likely N-dealkylation sites (tertiary alicyclic amines) is 1. The minimum atomic E-state index is 0. The van der Waals surface area contributed by atoms with Crippen LogP contribution in [-0.2, 0) is 0 Å². The highest BCUT2D eigenvalue weighted by molar-refractivity contribution is 5.85. The van der Waals surface area contributed by atoms with Crippen molar-refractivity contribution in [2.75, 3.05) is 40.3 Å². The molecule has 0 radical (unpaired) electrons. The van der Waals surface area contributed by atoms with Gasteiger partial charge in [0.15, 0.2) is 0 Å². The van der Waals surface area contributed by atoms with Crippen LogP contribution >= 0.6 is 24.8 Å². The van der Waals surface area contributed by atoms with E-state index in [1.165, 1.54) is 77.5 Å². The van der Waals surface area contributed by atoms with Gasteiger partial charge in [0.25, 0.3) is 0 Å². The van der Waals surface area contributed by atoms with Gasteiger partial charge in [-0.25, -0.2) is 0 Å². The Labute approximate surface area is 132 Å². The van der Waals surface area contributed by atoms with Crippen molar-refractivity contribution in [1.29, 1.82) is 0 Å². The van der Waals surface area contributed by atoms with E-state index in [4.69, 9.17) is 0 Å². The van der Waals surface area contributed by atoms with Crippen molar-refractivity contribution in [2.45, 2.75) is 51.4 Å². The minimum Gasteiger partial charge on any atom is -0.309 e. The Kier molecular flexibility index (Phi) is 9.69. The van der Waals surface area contributed by atoms with Crippen LogP contribution in [0.5, 0.6) is 0 Å². The number of hydrogen-bond acceptors (Lipinski definition) is 2. The van der Waals surface area contributed by atoms with Crippen molar-refractivity contribution in [1.82, 2.24) is 9.80 Å². The molecule has 19 heavy (non-hydrogen) atoms. The van der Waals surface area contributed by atoms with Crippen LogP contribution < -0.4 is 0 Å². The minimum absolute atomic E-state index is 0. The molecule has 1 aliphatic carbocycles. The van der Waals surface area contributed by atoms with Crippen LogP contribution in [0.2, 0.25) is 0 Å². The van der Waals surface area contributed by atoms with E-state index in [1.54, 1.807) is 0 Å². The van der Waals surface area contributed by atoms with Gasteiger partial charge in [-0.2, -0.15) is 0 Å². The molecule has 0 amide bonds. The van der Waals surface area contributed by atoms with E-state index in [1.807, 2.05) is 0 Å². The predicted octanol–water partition coefficient (Wildman–Crippen LogP) is 3.83. The molecule has 1 heterocycles. The summed E-state index contributed by atoms with van der Waals surface area (Å²) in [6.45, 7) is 5.29. The average molecular weight is 311 g/mol. The molecule has 1 saturated heterocycles. The van der Waals surface area contributed by atoms with E-state index >= 15 is 0 Å². The molecule has 1 spiro atoms. The predicted molar refractivity (Wildman–Crippen MR) is 88.9 cm³/mol. The van der Waals surface area contributed by atoms with E-state index in [0.717, 1.165) is 5.41 Å². The van der Waals surface area contributed by atoms with Gasteiger partial charge in [0, 0.05) is 0 Å². The average Bonchev–Trinajstić information content (AvgIpc) is 2.33. The molecule has 0 aromatic rings. The summed E-state index contributed by atoms with van der Waals surface area (Å²) in [5, 5.41) is 0. The molecule has 0 aromatic carbocycles. The number of rotatable bonds is 4. The second kappa shape index (κ2) is 9.44. The summed E-state index contributed by atoms with van der Waals surface area (Å²) in [7, 11) is 4.35. The lowest BCUT2D eigenvalue weighted by Gasteiger charge is -2.44. The fraction of sp³-hybridized carbons (Fsp3) is 1.00. The smallest absolute Gasteiger partial charge is 0.000654 e. The largest absolute Gasteiger partial charge is 0.309 e. The maximum absolute atomic E-state index is 2.70. The van der Waals surface area contributed by atoms with Crippen LogP contribution in [-0.4, -0.2) is 50.1 Å². The molecule has 2 fully saturated rings. The van der Waals surface area contributed by atoms with Gasteiger partial charge in [-0.1, -0.05) is 19.3 Å². The molecule has 2 nitrogen and oxygen atoms in total. The standard InChI is InChI=1S/C15H30N2.2ClH/c1-16(2)11-6-12-17-13-9-15(10-14-17)7-4-3-5-8-15;;/h3-14H2,1-2H3;2*1H. The topological polar surface area (TPSA) is 6.48 Å². The molecule has 4 heteroatoms. The highest BCUT2D eigenvalue weighted by Crippen LogP contribution is 2.44. The lowest BCUT2D eigenvalue weighted by molar-refractivity contribution is 0.0663. The summed E-state index contributed by atoms with van der Waals surface area (Å²) in [5.74, 6) is 0. The van der Waals surface area contributed by atoms with Gasteiger partial charge in [0.05, 0.1) is 0 Å². The Bertz CT molecular complexity index is 218. The van der Waals surface area contributed by atoms with E-state index in [-0.39, 0.29) is 24.8 Å². The first kappa shape index (κ1) is 19.5. The summed E-state index contributed by atoms with van der Waals surface area (Å²) in [5.41, 5.74) is 0.774. The number of piperidine rings is 1. The Hall–Kier alpha value is 0.500. The lowest BCUT2D eigenvalue weighted by Crippen LogP contribution is -2.41. The molecule has 116 valence electrons. The van der Waals surface area contributed by atoms with E-state index in [2.05, 4.69) is 23.9 Å². The van der Waals surface area contributed by atoms with Crippen LogP contribution in [0.4, 0.5) is 0 Å². The van der Waals surface area contributed by atoms with Crippen molar-refractivity contribution in [2.24, 2.45) is 5.41 Å². The monoisotopic (exact) mass is 310 g/mol. The van der Waals surface area contributed by atoms with Gasteiger partial charge >= 0.3 is 0 Å².